The molecule has 9 aromatic carbocycles. The van der Waals surface area contributed by atoms with Gasteiger partial charge in [0.05, 0.1) is 22.2 Å². The van der Waals surface area contributed by atoms with E-state index in [9.17, 15) is 0 Å². The summed E-state index contributed by atoms with van der Waals surface area (Å²) in [6.07, 6.45) is 9.51. The summed E-state index contributed by atoms with van der Waals surface area (Å²) in [4.78, 5) is 5.34. The van der Waals surface area contributed by atoms with Crippen LogP contribution in [0.5, 0.6) is 0 Å². The molecule has 0 unspecified atom stereocenters. The van der Waals surface area contributed by atoms with Crippen LogP contribution in [0, 0.1) is 0 Å². The lowest BCUT2D eigenvalue weighted by molar-refractivity contribution is 0.887. The summed E-state index contributed by atoms with van der Waals surface area (Å²) < 4.78 is 4.96. The lowest BCUT2D eigenvalue weighted by atomic mass is 9.98. The van der Waals surface area contributed by atoms with E-state index in [4.69, 9.17) is 10.7 Å². The minimum absolute atomic E-state index is 0.473. The molecule has 0 amide bonds. The van der Waals surface area contributed by atoms with Crippen molar-refractivity contribution in [1.29, 1.82) is 0 Å². The summed E-state index contributed by atoms with van der Waals surface area (Å²) in [6, 6.07) is 71.9. The first-order valence-electron chi connectivity index (χ1n) is 22.2. The van der Waals surface area contributed by atoms with Gasteiger partial charge < -0.3 is 14.9 Å². The zero-order valence-electron chi connectivity index (χ0n) is 35.3. The van der Waals surface area contributed by atoms with Gasteiger partial charge in [0.2, 0.25) is 0 Å². The van der Waals surface area contributed by atoms with E-state index in [0.717, 1.165) is 52.1 Å². The van der Waals surface area contributed by atoms with E-state index in [2.05, 4.69) is 197 Å². The summed E-state index contributed by atoms with van der Waals surface area (Å²) in [6.45, 7) is 0. The average molecular weight is 821 g/mol. The third-order valence-electron chi connectivity index (χ3n) is 13.0. The maximum absolute atomic E-state index is 6.98. The van der Waals surface area contributed by atoms with E-state index in [-0.39, 0.29) is 0 Å². The molecule has 4 nitrogen and oxygen atoms in total. The van der Waals surface area contributed by atoms with Crippen molar-refractivity contribution in [2.24, 2.45) is 10.7 Å². The third-order valence-corrected chi connectivity index (χ3v) is 13.0. The van der Waals surface area contributed by atoms with Gasteiger partial charge in [-0.25, -0.2) is 4.99 Å². The predicted octanol–water partition coefficient (Wildman–Crippen LogP) is 14.6. The van der Waals surface area contributed by atoms with Crippen LogP contribution in [0.15, 0.2) is 217 Å². The van der Waals surface area contributed by atoms with Crippen LogP contribution in [-0.4, -0.2) is 15.0 Å². The lowest BCUT2D eigenvalue weighted by Gasteiger charge is -2.18. The Balaban J connectivity index is 1.14. The maximum Gasteiger partial charge on any atom is 0.131 e. The molecule has 0 saturated carbocycles. The average Bonchev–Trinajstić information content (AvgIpc) is 3.89. The Labute approximate surface area is 372 Å². The molecular weight excluding hydrogens is 777 g/mol. The van der Waals surface area contributed by atoms with Crippen LogP contribution in [0.1, 0.15) is 34.4 Å². The molecule has 12 rings (SSSR count). The molecule has 0 bridgehead atoms. The zero-order valence-corrected chi connectivity index (χ0v) is 35.3. The van der Waals surface area contributed by atoms with Crippen molar-refractivity contribution in [2.45, 2.75) is 19.3 Å². The number of nitrogens with zero attached hydrogens (tertiary/aromatic N) is 3. The number of rotatable bonds is 8. The molecule has 2 N–H and O–H groups in total. The van der Waals surface area contributed by atoms with E-state index >= 15 is 0 Å². The summed E-state index contributed by atoms with van der Waals surface area (Å²) in [5.41, 5.74) is 21.5. The Hall–Kier alpha value is -8.21. The number of fused-ring (bicyclic) bond motifs is 10. The van der Waals surface area contributed by atoms with Crippen LogP contribution in [0.3, 0.4) is 0 Å². The number of aromatic nitrogens is 2. The second-order valence-electron chi connectivity index (χ2n) is 16.8. The van der Waals surface area contributed by atoms with Crippen LogP contribution in [0.2, 0.25) is 0 Å². The van der Waals surface area contributed by atoms with Crippen molar-refractivity contribution in [3.05, 3.63) is 240 Å². The Morgan fingerprint density at radius 1 is 0.516 bits per heavy atom. The molecule has 304 valence electrons. The van der Waals surface area contributed by atoms with Crippen molar-refractivity contribution in [2.75, 3.05) is 0 Å². The van der Waals surface area contributed by atoms with Gasteiger partial charge in [0.25, 0.3) is 0 Å². The maximum atomic E-state index is 6.98. The van der Waals surface area contributed by atoms with E-state index in [1.807, 2.05) is 30.3 Å². The van der Waals surface area contributed by atoms with Crippen LogP contribution in [-0.2, 0) is 12.8 Å². The van der Waals surface area contributed by atoms with Crippen molar-refractivity contribution in [3.8, 4) is 22.5 Å². The van der Waals surface area contributed by atoms with Crippen molar-refractivity contribution < 1.29 is 0 Å². The summed E-state index contributed by atoms with van der Waals surface area (Å²) >= 11 is 0. The first-order valence-corrected chi connectivity index (χ1v) is 22.2. The zero-order chi connectivity index (χ0) is 42.6. The second-order valence-corrected chi connectivity index (χ2v) is 16.8. The Morgan fingerprint density at radius 2 is 1.14 bits per heavy atom. The smallest absolute Gasteiger partial charge is 0.131 e. The number of amidine groups is 1. The Morgan fingerprint density at radius 3 is 1.91 bits per heavy atom. The molecule has 0 saturated heterocycles. The number of hydrogen-bond acceptors (Lipinski definition) is 1. The van der Waals surface area contributed by atoms with Crippen LogP contribution < -0.4 is 5.73 Å². The minimum Gasteiger partial charge on any atom is -0.383 e. The molecule has 1 aliphatic rings. The van der Waals surface area contributed by atoms with Crippen LogP contribution in [0.25, 0.3) is 88.5 Å². The molecule has 2 aromatic heterocycles. The molecule has 0 spiro atoms. The summed E-state index contributed by atoms with van der Waals surface area (Å²) in [5, 5.41) is 8.75. The van der Waals surface area contributed by atoms with Gasteiger partial charge in [0.1, 0.15) is 5.84 Å². The fraction of sp³-hybridized carbons (Fsp3) is 0.0500. The highest BCUT2D eigenvalue weighted by Crippen LogP contribution is 2.41. The fourth-order valence-electron chi connectivity index (χ4n) is 10.1. The summed E-state index contributed by atoms with van der Waals surface area (Å²) in [5.74, 6) is 0.473. The van der Waals surface area contributed by atoms with Gasteiger partial charge in [-0.2, -0.15) is 0 Å². The fourth-order valence-corrected chi connectivity index (χ4v) is 10.1. The van der Waals surface area contributed by atoms with Gasteiger partial charge in [0, 0.05) is 49.9 Å². The molecule has 0 atom stereocenters. The van der Waals surface area contributed by atoms with E-state index in [0.29, 0.717) is 12.3 Å². The number of allylic oxidation sites excluding steroid dienone is 2. The Kier molecular flexibility index (Phi) is 9.15. The van der Waals surface area contributed by atoms with Gasteiger partial charge in [-0.05, 0) is 93.9 Å². The quantitative estimate of drug-likeness (QED) is 0.120. The third kappa shape index (κ3) is 6.42. The molecule has 64 heavy (non-hydrogen) atoms. The number of benzene rings is 9. The van der Waals surface area contributed by atoms with Gasteiger partial charge in [0.15, 0.2) is 0 Å². The highest BCUT2D eigenvalue weighted by molar-refractivity contribution is 6.21. The molecule has 4 heteroatoms. The van der Waals surface area contributed by atoms with Crippen LogP contribution >= 0.6 is 0 Å². The van der Waals surface area contributed by atoms with Crippen LogP contribution in [0.4, 0.5) is 0 Å². The summed E-state index contributed by atoms with van der Waals surface area (Å²) in [7, 11) is 0. The highest BCUT2D eigenvalue weighted by atomic mass is 15.0. The topological polar surface area (TPSA) is 48.2 Å². The first-order chi connectivity index (χ1) is 31.7. The van der Waals surface area contributed by atoms with Crippen molar-refractivity contribution in [1.82, 2.24) is 9.13 Å². The Bertz CT molecular complexity index is 3690. The van der Waals surface area contributed by atoms with E-state index in [1.165, 1.54) is 71.2 Å². The van der Waals surface area contributed by atoms with E-state index in [1.54, 1.807) is 0 Å². The number of nitrogens with two attached hydrogens (primary N) is 1. The molecular formula is C60H44N4. The predicted molar refractivity (Wildman–Crippen MR) is 271 cm³/mol. The normalized spacial score (nSPS) is 13.1. The lowest BCUT2D eigenvalue weighted by Crippen LogP contribution is -2.13. The largest absolute Gasteiger partial charge is 0.383 e. The molecule has 2 heterocycles. The number of hydrogen-bond donors (Lipinski definition) is 1. The molecule has 11 aromatic rings. The monoisotopic (exact) mass is 820 g/mol. The number of aliphatic imine (C=N–C) groups is 1. The second kappa shape index (κ2) is 15.6. The minimum atomic E-state index is 0.473. The van der Waals surface area contributed by atoms with Gasteiger partial charge in [-0.3, -0.25) is 0 Å². The van der Waals surface area contributed by atoms with Gasteiger partial charge in [-0.1, -0.05) is 182 Å². The highest BCUT2D eigenvalue weighted by Gasteiger charge is 2.23. The first kappa shape index (κ1) is 37.5. The standard InChI is InChI=1S/C60H44N4/c61-60(44-21-5-2-6-22-44)62-53(33-30-40-16-15-23-45(36-40)41-17-3-1-4-18-41)46-37-47(63-54-28-13-11-26-51(54)58-49-24-9-7-19-42(49)31-34-56(58)63)39-48(38-46)64-55-29-14-12-27-52(55)59-50-25-10-8-20-43(50)32-35-57(59)64/h1-13,15-28,31-39H,14,29-30H2,(H2,61,62)/b53-33-. The van der Waals surface area contributed by atoms with Gasteiger partial charge >= 0.3 is 0 Å². The molecule has 0 radical (unpaired) electrons. The van der Waals surface area contributed by atoms with Crippen molar-refractivity contribution >= 4 is 71.9 Å². The molecule has 0 fully saturated rings. The van der Waals surface area contributed by atoms with Crippen molar-refractivity contribution in [3.63, 3.8) is 0 Å². The number of para-hydroxylation sites is 1. The van der Waals surface area contributed by atoms with Gasteiger partial charge in [-0.15, -0.1) is 0 Å². The SMILES string of the molecule is N/C(=N\C(=C/Cc1cccc(-c2ccccc2)c1)c1cc(-n2c3c(c4c5ccccc5ccc42)C=CCC3)cc(-n2c3ccccc3c3c4ccccc4ccc32)c1)c1ccccc1. The van der Waals surface area contributed by atoms with E-state index < -0.39 is 0 Å². The molecule has 0 aliphatic heterocycles. The molecule has 1 aliphatic carbocycles.